The highest BCUT2D eigenvalue weighted by molar-refractivity contribution is 9.10. The first-order valence-electron chi connectivity index (χ1n) is 7.84. The first-order valence-corrected chi connectivity index (χ1v) is 8.63. The van der Waals surface area contributed by atoms with E-state index in [1.165, 1.54) is 6.07 Å². The second kappa shape index (κ2) is 7.97. The number of halogens is 1. The largest absolute Gasteiger partial charge is 0.496 e. The average molecular weight is 414 g/mol. The van der Waals surface area contributed by atoms with E-state index < -0.39 is 0 Å². The second-order valence-electron chi connectivity index (χ2n) is 5.47. The molecule has 0 fully saturated rings. The molecule has 3 aromatic rings. The number of nitrogens with zero attached hydrogens (tertiary/aromatic N) is 2. The number of nitrogens with one attached hydrogen (secondary N) is 1. The standard InChI is InChI=1S/C19H16BrN3O3/c1-26-17-5-3-2-4-15(17)16-10-11-19(25)23(22-16)12-18(24)21-14-8-6-13(20)7-9-14/h2-11H,12H2,1H3,(H,21,24). The van der Waals surface area contributed by atoms with Crippen molar-refractivity contribution in [3.05, 3.63) is 75.5 Å². The summed E-state index contributed by atoms with van der Waals surface area (Å²) in [4.78, 5) is 24.3. The molecule has 1 aromatic heterocycles. The molecule has 26 heavy (non-hydrogen) atoms. The van der Waals surface area contributed by atoms with Crippen LogP contribution < -0.4 is 15.6 Å². The number of carbonyl (C=O) groups is 1. The maximum absolute atomic E-state index is 12.2. The first kappa shape index (κ1) is 17.9. The van der Waals surface area contributed by atoms with E-state index in [2.05, 4.69) is 26.3 Å². The zero-order chi connectivity index (χ0) is 18.5. The number of anilines is 1. The normalized spacial score (nSPS) is 10.4. The number of ether oxygens (including phenoxy) is 1. The van der Waals surface area contributed by atoms with Gasteiger partial charge in [0.05, 0.1) is 12.8 Å². The van der Waals surface area contributed by atoms with Crippen LogP contribution in [0.4, 0.5) is 5.69 Å². The third-order valence-electron chi connectivity index (χ3n) is 3.67. The number of benzene rings is 2. The maximum Gasteiger partial charge on any atom is 0.267 e. The number of carbonyl (C=O) groups excluding carboxylic acids is 1. The fraction of sp³-hybridized carbons (Fsp3) is 0.105. The molecule has 1 heterocycles. The Morgan fingerprint density at radius 3 is 2.58 bits per heavy atom. The average Bonchev–Trinajstić information content (AvgIpc) is 2.65. The molecule has 132 valence electrons. The van der Waals surface area contributed by atoms with Crippen molar-refractivity contribution in [2.75, 3.05) is 12.4 Å². The van der Waals surface area contributed by atoms with Crippen LogP contribution in [0, 0.1) is 0 Å². The van der Waals surface area contributed by atoms with E-state index in [4.69, 9.17) is 4.74 Å². The summed E-state index contributed by atoms with van der Waals surface area (Å²) in [5.41, 5.74) is 1.59. The van der Waals surface area contributed by atoms with Crippen molar-refractivity contribution in [1.82, 2.24) is 9.78 Å². The van der Waals surface area contributed by atoms with Crippen LogP contribution in [-0.4, -0.2) is 22.8 Å². The van der Waals surface area contributed by atoms with Crippen molar-refractivity contribution in [2.24, 2.45) is 0 Å². The van der Waals surface area contributed by atoms with Gasteiger partial charge in [0, 0.05) is 21.8 Å². The van der Waals surface area contributed by atoms with E-state index in [1.54, 1.807) is 25.3 Å². The van der Waals surface area contributed by atoms with Gasteiger partial charge < -0.3 is 10.1 Å². The van der Waals surface area contributed by atoms with Crippen molar-refractivity contribution in [1.29, 1.82) is 0 Å². The highest BCUT2D eigenvalue weighted by Gasteiger charge is 2.11. The van der Waals surface area contributed by atoms with E-state index in [1.807, 2.05) is 36.4 Å². The molecular formula is C19H16BrN3O3. The third-order valence-corrected chi connectivity index (χ3v) is 4.20. The second-order valence-corrected chi connectivity index (χ2v) is 6.39. The van der Waals surface area contributed by atoms with E-state index >= 15 is 0 Å². The first-order chi connectivity index (χ1) is 12.6. The van der Waals surface area contributed by atoms with Gasteiger partial charge in [-0.1, -0.05) is 28.1 Å². The summed E-state index contributed by atoms with van der Waals surface area (Å²) in [7, 11) is 1.57. The molecule has 7 heteroatoms. The molecule has 0 unspecified atom stereocenters. The van der Waals surface area contributed by atoms with Crippen LogP contribution in [0.15, 0.2) is 69.9 Å². The minimum Gasteiger partial charge on any atom is -0.496 e. The zero-order valence-electron chi connectivity index (χ0n) is 14.0. The van der Waals surface area contributed by atoms with E-state index in [0.717, 1.165) is 14.7 Å². The van der Waals surface area contributed by atoms with Crippen LogP contribution in [0.2, 0.25) is 0 Å². The molecule has 1 amide bonds. The molecule has 0 atom stereocenters. The van der Waals surface area contributed by atoms with Gasteiger partial charge in [-0.2, -0.15) is 5.10 Å². The van der Waals surface area contributed by atoms with Gasteiger partial charge >= 0.3 is 0 Å². The Morgan fingerprint density at radius 1 is 1.12 bits per heavy atom. The minimum absolute atomic E-state index is 0.183. The van der Waals surface area contributed by atoms with Gasteiger partial charge in [-0.25, -0.2) is 4.68 Å². The zero-order valence-corrected chi connectivity index (χ0v) is 15.6. The van der Waals surface area contributed by atoms with Gasteiger partial charge in [0.25, 0.3) is 5.56 Å². The predicted octanol–water partition coefficient (Wildman–Crippen LogP) is 3.32. The summed E-state index contributed by atoms with van der Waals surface area (Å²) in [6.07, 6.45) is 0. The Bertz CT molecular complexity index is 984. The molecule has 6 nitrogen and oxygen atoms in total. The maximum atomic E-state index is 12.2. The van der Waals surface area contributed by atoms with Crippen molar-refractivity contribution in [3.63, 3.8) is 0 Å². The van der Waals surface area contributed by atoms with Crippen LogP contribution in [-0.2, 0) is 11.3 Å². The number of hydrogen-bond acceptors (Lipinski definition) is 4. The molecule has 2 aromatic carbocycles. The molecule has 3 rings (SSSR count). The number of para-hydroxylation sites is 1. The number of amides is 1. The van der Waals surface area contributed by atoms with Crippen LogP contribution in [0.5, 0.6) is 5.75 Å². The Kier molecular flexibility index (Phi) is 5.48. The molecule has 1 N–H and O–H groups in total. The summed E-state index contributed by atoms with van der Waals surface area (Å²) < 4.78 is 7.38. The lowest BCUT2D eigenvalue weighted by Crippen LogP contribution is -2.29. The summed E-state index contributed by atoms with van der Waals surface area (Å²) in [6.45, 7) is -0.183. The Morgan fingerprint density at radius 2 is 1.85 bits per heavy atom. The third kappa shape index (κ3) is 4.18. The summed E-state index contributed by atoms with van der Waals surface area (Å²) >= 11 is 3.34. The molecule has 0 saturated heterocycles. The van der Waals surface area contributed by atoms with Crippen molar-refractivity contribution in [3.8, 4) is 17.0 Å². The van der Waals surface area contributed by atoms with Crippen molar-refractivity contribution >= 4 is 27.5 Å². The van der Waals surface area contributed by atoms with Gasteiger partial charge in [0.1, 0.15) is 12.3 Å². The lowest BCUT2D eigenvalue weighted by molar-refractivity contribution is -0.117. The molecule has 0 radical (unpaired) electrons. The van der Waals surface area contributed by atoms with Gasteiger partial charge in [0.15, 0.2) is 0 Å². The van der Waals surface area contributed by atoms with E-state index in [-0.39, 0.29) is 18.0 Å². The minimum atomic E-state index is -0.352. The highest BCUT2D eigenvalue weighted by atomic mass is 79.9. The molecule has 0 aliphatic heterocycles. The van der Waals surface area contributed by atoms with Crippen molar-refractivity contribution < 1.29 is 9.53 Å². The molecular weight excluding hydrogens is 398 g/mol. The van der Waals surface area contributed by atoms with Crippen LogP contribution in [0.25, 0.3) is 11.3 Å². The molecule has 0 bridgehead atoms. The van der Waals surface area contributed by atoms with E-state index in [0.29, 0.717) is 17.1 Å². The SMILES string of the molecule is COc1ccccc1-c1ccc(=O)n(CC(=O)Nc2ccc(Br)cc2)n1. The van der Waals surface area contributed by atoms with Gasteiger partial charge in [-0.3, -0.25) is 9.59 Å². The quantitative estimate of drug-likeness (QED) is 0.695. The van der Waals surface area contributed by atoms with Crippen LogP contribution in [0.1, 0.15) is 0 Å². The number of rotatable bonds is 5. The van der Waals surface area contributed by atoms with Gasteiger partial charge in [-0.05, 0) is 42.5 Å². The molecule has 0 aliphatic rings. The van der Waals surface area contributed by atoms with E-state index in [9.17, 15) is 9.59 Å². The Labute approximate surface area is 158 Å². The van der Waals surface area contributed by atoms with Gasteiger partial charge in [-0.15, -0.1) is 0 Å². The molecule has 0 aliphatic carbocycles. The van der Waals surface area contributed by atoms with Crippen molar-refractivity contribution in [2.45, 2.75) is 6.54 Å². The summed E-state index contributed by atoms with van der Waals surface area (Å²) in [5, 5.41) is 7.05. The predicted molar refractivity (Wildman–Crippen MR) is 103 cm³/mol. The molecule has 0 saturated carbocycles. The topological polar surface area (TPSA) is 73.2 Å². The monoisotopic (exact) mass is 413 g/mol. The Balaban J connectivity index is 1.83. The summed E-state index contributed by atoms with van der Waals surface area (Å²) in [5.74, 6) is 0.309. The smallest absolute Gasteiger partial charge is 0.267 e. The lowest BCUT2D eigenvalue weighted by atomic mass is 10.1. The summed E-state index contributed by atoms with van der Waals surface area (Å²) in [6, 6.07) is 17.5. The Hall–Kier alpha value is -2.93. The fourth-order valence-corrected chi connectivity index (χ4v) is 2.70. The number of methoxy groups -OCH3 is 1. The number of aromatic nitrogens is 2. The number of hydrogen-bond donors (Lipinski definition) is 1. The van der Waals surface area contributed by atoms with Crippen LogP contribution in [0.3, 0.4) is 0 Å². The molecule has 0 spiro atoms. The lowest BCUT2D eigenvalue weighted by Gasteiger charge is -2.10. The fourth-order valence-electron chi connectivity index (χ4n) is 2.43. The van der Waals surface area contributed by atoms with Gasteiger partial charge in [0.2, 0.25) is 5.91 Å². The highest BCUT2D eigenvalue weighted by Crippen LogP contribution is 2.27. The van der Waals surface area contributed by atoms with Crippen LogP contribution >= 0.6 is 15.9 Å².